The highest BCUT2D eigenvalue weighted by molar-refractivity contribution is 6.74. The second-order valence-electron chi connectivity index (χ2n) is 11.4. The summed E-state index contributed by atoms with van der Waals surface area (Å²) in [6.07, 6.45) is 11.6. The summed E-state index contributed by atoms with van der Waals surface area (Å²) in [5.41, 5.74) is 1.41. The molecule has 1 aliphatic heterocycles. The van der Waals surface area contributed by atoms with Crippen LogP contribution in [0.2, 0.25) is 18.1 Å². The number of hydrogen-bond donors (Lipinski definition) is 1. The van der Waals surface area contributed by atoms with Crippen molar-refractivity contribution in [2.45, 2.75) is 122 Å². The van der Waals surface area contributed by atoms with Gasteiger partial charge in [0.15, 0.2) is 14.1 Å². The van der Waals surface area contributed by atoms with Gasteiger partial charge in [-0.1, -0.05) is 69.7 Å². The summed E-state index contributed by atoms with van der Waals surface area (Å²) in [5.74, 6) is -0.553. The topological polar surface area (TPSA) is 47.9 Å². The summed E-state index contributed by atoms with van der Waals surface area (Å²) < 4.78 is 19.0. The predicted octanol–water partition coefficient (Wildman–Crippen LogP) is 7.03. The van der Waals surface area contributed by atoms with E-state index in [2.05, 4.69) is 76.3 Å². The average molecular weight is 477 g/mol. The van der Waals surface area contributed by atoms with E-state index in [9.17, 15) is 5.11 Å². The van der Waals surface area contributed by atoms with E-state index in [1.54, 1.807) is 0 Å². The SMILES string of the molecule is CC1(C)O[C@H](C/C=C/[C@@H](CCO)O[Si](C)(C)C(C)(C)C)C[C@@H](CCCCc2ccccc2)O1. The predicted molar refractivity (Wildman–Crippen MR) is 140 cm³/mol. The van der Waals surface area contributed by atoms with Crippen LogP contribution >= 0.6 is 0 Å². The highest BCUT2D eigenvalue weighted by Gasteiger charge is 2.39. The minimum absolute atomic E-state index is 0.0440. The molecule has 3 atom stereocenters. The maximum absolute atomic E-state index is 9.52. The lowest BCUT2D eigenvalue weighted by Crippen LogP contribution is -2.44. The van der Waals surface area contributed by atoms with Crippen LogP contribution in [0, 0.1) is 0 Å². The summed E-state index contributed by atoms with van der Waals surface area (Å²) in [5, 5.41) is 9.67. The molecular weight excluding hydrogens is 428 g/mol. The van der Waals surface area contributed by atoms with Crippen LogP contribution in [-0.4, -0.2) is 44.1 Å². The molecule has 0 saturated carbocycles. The van der Waals surface area contributed by atoms with Gasteiger partial charge in [-0.3, -0.25) is 0 Å². The molecule has 0 aliphatic carbocycles. The number of aryl methyl sites for hydroxylation is 1. The van der Waals surface area contributed by atoms with Crippen molar-refractivity contribution in [3.8, 4) is 0 Å². The lowest BCUT2D eigenvalue weighted by atomic mass is 9.99. The second kappa shape index (κ2) is 12.6. The first-order valence-electron chi connectivity index (χ1n) is 12.8. The number of aliphatic hydroxyl groups excluding tert-OH is 1. The van der Waals surface area contributed by atoms with E-state index in [0.29, 0.717) is 6.42 Å². The molecule has 0 radical (unpaired) electrons. The minimum atomic E-state index is -1.89. The molecule has 0 amide bonds. The van der Waals surface area contributed by atoms with Gasteiger partial charge in [-0.05, 0) is 69.6 Å². The molecule has 1 aromatic carbocycles. The zero-order chi connectivity index (χ0) is 24.5. The molecule has 1 saturated heterocycles. The average Bonchev–Trinajstić information content (AvgIpc) is 2.70. The Bertz CT molecular complexity index is 708. The highest BCUT2D eigenvalue weighted by atomic mass is 28.4. The molecule has 0 aromatic heterocycles. The van der Waals surface area contributed by atoms with E-state index in [4.69, 9.17) is 13.9 Å². The molecule has 2 rings (SSSR count). The molecule has 188 valence electrons. The molecule has 4 nitrogen and oxygen atoms in total. The monoisotopic (exact) mass is 476 g/mol. The van der Waals surface area contributed by atoms with Crippen LogP contribution in [0.15, 0.2) is 42.5 Å². The molecule has 0 unspecified atom stereocenters. The minimum Gasteiger partial charge on any atom is -0.410 e. The largest absolute Gasteiger partial charge is 0.410 e. The van der Waals surface area contributed by atoms with Gasteiger partial charge in [0, 0.05) is 13.0 Å². The van der Waals surface area contributed by atoms with Gasteiger partial charge in [0.25, 0.3) is 0 Å². The third-order valence-electron chi connectivity index (χ3n) is 6.93. The third kappa shape index (κ3) is 10.0. The Morgan fingerprint density at radius 1 is 1.12 bits per heavy atom. The Labute approximate surface area is 203 Å². The van der Waals surface area contributed by atoms with Crippen LogP contribution in [0.3, 0.4) is 0 Å². The van der Waals surface area contributed by atoms with Crippen molar-refractivity contribution in [2.24, 2.45) is 0 Å². The summed E-state index contributed by atoms with van der Waals surface area (Å²) in [6, 6.07) is 10.7. The molecule has 1 aromatic rings. The van der Waals surface area contributed by atoms with Gasteiger partial charge in [0.1, 0.15) is 0 Å². The number of aliphatic hydroxyl groups is 1. The van der Waals surface area contributed by atoms with Crippen LogP contribution in [0.4, 0.5) is 0 Å². The molecule has 1 fully saturated rings. The maximum Gasteiger partial charge on any atom is 0.192 e. The van der Waals surface area contributed by atoms with Gasteiger partial charge in [-0.25, -0.2) is 0 Å². The van der Waals surface area contributed by atoms with Gasteiger partial charge in [-0.2, -0.15) is 0 Å². The van der Waals surface area contributed by atoms with Gasteiger partial charge in [-0.15, -0.1) is 0 Å². The molecule has 33 heavy (non-hydrogen) atoms. The summed E-state index contributed by atoms with van der Waals surface area (Å²) in [6.45, 7) is 15.4. The number of ether oxygens (including phenoxy) is 2. The first-order valence-corrected chi connectivity index (χ1v) is 15.7. The summed E-state index contributed by atoms with van der Waals surface area (Å²) >= 11 is 0. The van der Waals surface area contributed by atoms with E-state index in [1.165, 1.54) is 12.0 Å². The first-order chi connectivity index (χ1) is 15.4. The van der Waals surface area contributed by atoms with Crippen molar-refractivity contribution < 1.29 is 19.0 Å². The summed E-state index contributed by atoms with van der Waals surface area (Å²) in [7, 11) is -1.89. The van der Waals surface area contributed by atoms with E-state index >= 15 is 0 Å². The molecule has 1 aliphatic rings. The fourth-order valence-corrected chi connectivity index (χ4v) is 5.45. The molecule has 1 N–H and O–H groups in total. The summed E-state index contributed by atoms with van der Waals surface area (Å²) in [4.78, 5) is 0. The number of rotatable bonds is 12. The van der Waals surface area contributed by atoms with E-state index in [-0.39, 0.29) is 30.0 Å². The van der Waals surface area contributed by atoms with Gasteiger partial charge in [0.05, 0.1) is 18.3 Å². The fourth-order valence-electron chi connectivity index (χ4n) is 4.15. The lowest BCUT2D eigenvalue weighted by molar-refractivity contribution is -0.299. The van der Waals surface area contributed by atoms with E-state index in [0.717, 1.165) is 32.1 Å². The van der Waals surface area contributed by atoms with Crippen LogP contribution in [-0.2, 0) is 20.3 Å². The van der Waals surface area contributed by atoms with Crippen LogP contribution < -0.4 is 0 Å². The number of benzene rings is 1. The molecule has 0 spiro atoms. The zero-order valence-corrected chi connectivity index (χ0v) is 23.1. The standard InChI is InChI=1S/C28H48O4Si/c1-27(2,3)33(6,7)32-24(20-21-29)18-13-19-26-22-25(30-28(4,5)31-26)17-12-11-16-23-14-9-8-10-15-23/h8-10,13-15,18,24-26,29H,11-12,16-17,19-22H2,1-7H3/b18-13+/t24-,25+,26+/m0/s1. The number of hydrogen-bond acceptors (Lipinski definition) is 4. The van der Waals surface area contributed by atoms with Crippen LogP contribution in [0.25, 0.3) is 0 Å². The Hall–Kier alpha value is -0.983. The van der Waals surface area contributed by atoms with Crippen molar-refractivity contribution in [1.29, 1.82) is 0 Å². The maximum atomic E-state index is 9.52. The normalized spacial score (nSPS) is 22.5. The van der Waals surface area contributed by atoms with E-state index < -0.39 is 14.1 Å². The second-order valence-corrected chi connectivity index (χ2v) is 16.2. The van der Waals surface area contributed by atoms with Crippen LogP contribution in [0.5, 0.6) is 0 Å². The van der Waals surface area contributed by atoms with Crippen molar-refractivity contribution in [1.82, 2.24) is 0 Å². The Morgan fingerprint density at radius 3 is 2.42 bits per heavy atom. The third-order valence-corrected chi connectivity index (χ3v) is 11.4. The van der Waals surface area contributed by atoms with Crippen molar-refractivity contribution in [2.75, 3.05) is 6.61 Å². The Kier molecular flexibility index (Phi) is 10.8. The fraction of sp³-hybridized carbons (Fsp3) is 0.714. The Balaban J connectivity index is 1.85. The van der Waals surface area contributed by atoms with Gasteiger partial charge in [0.2, 0.25) is 0 Å². The van der Waals surface area contributed by atoms with Crippen molar-refractivity contribution >= 4 is 8.32 Å². The zero-order valence-electron chi connectivity index (χ0n) is 22.1. The quantitative estimate of drug-likeness (QED) is 0.200. The number of unbranched alkanes of at least 4 members (excludes halogenated alkanes) is 1. The van der Waals surface area contributed by atoms with E-state index in [1.807, 2.05) is 13.8 Å². The highest BCUT2D eigenvalue weighted by Crippen LogP contribution is 2.38. The van der Waals surface area contributed by atoms with Gasteiger partial charge < -0.3 is 19.0 Å². The molecule has 1 heterocycles. The molecule has 5 heteroatoms. The lowest BCUT2D eigenvalue weighted by Gasteiger charge is -2.41. The molecule has 0 bridgehead atoms. The van der Waals surface area contributed by atoms with Gasteiger partial charge >= 0.3 is 0 Å². The Morgan fingerprint density at radius 2 is 1.79 bits per heavy atom. The smallest absolute Gasteiger partial charge is 0.192 e. The van der Waals surface area contributed by atoms with Crippen molar-refractivity contribution in [3.05, 3.63) is 48.0 Å². The van der Waals surface area contributed by atoms with Crippen molar-refractivity contribution in [3.63, 3.8) is 0 Å². The van der Waals surface area contributed by atoms with Crippen LogP contribution in [0.1, 0.15) is 78.7 Å². The first kappa shape index (κ1) is 28.3. The molecular formula is C28H48O4Si.